The molecule has 5 rings (SSSR count). The van der Waals surface area contributed by atoms with Crippen molar-refractivity contribution in [2.24, 2.45) is 22.7 Å². The SMILES string of the molecule is CC1=C2C(=C[C@H]3[C@]4(C)CCC[C@@](C)(C(=O)O)[C@H]4CC[C@]34O[C@H]24)OC1=O. The normalized spacial score (nSPS) is 50.1. The van der Waals surface area contributed by atoms with E-state index in [1.54, 1.807) is 0 Å². The first-order valence-electron chi connectivity index (χ1n) is 9.30. The third kappa shape index (κ3) is 1.64. The predicted octanol–water partition coefficient (Wildman–Crippen LogP) is 3.20. The van der Waals surface area contributed by atoms with Gasteiger partial charge in [0.25, 0.3) is 0 Å². The minimum absolute atomic E-state index is 0.0558. The summed E-state index contributed by atoms with van der Waals surface area (Å²) in [5.41, 5.74) is 0.518. The van der Waals surface area contributed by atoms with Gasteiger partial charge < -0.3 is 14.6 Å². The van der Waals surface area contributed by atoms with Crippen molar-refractivity contribution in [1.82, 2.24) is 0 Å². The number of fused-ring (bicyclic) bond motifs is 4. The maximum Gasteiger partial charge on any atom is 0.339 e. The third-order valence-corrected chi connectivity index (χ3v) is 8.01. The first-order valence-corrected chi connectivity index (χ1v) is 9.30. The molecule has 0 aromatic heterocycles. The lowest BCUT2D eigenvalue weighted by atomic mass is 9.44. The minimum Gasteiger partial charge on any atom is -0.481 e. The second-order valence-corrected chi connectivity index (χ2v) is 9.06. The van der Waals surface area contributed by atoms with E-state index in [0.29, 0.717) is 11.3 Å². The maximum atomic E-state index is 12.1. The Hall–Kier alpha value is -1.62. The van der Waals surface area contributed by atoms with Gasteiger partial charge >= 0.3 is 11.9 Å². The first kappa shape index (κ1) is 15.6. The molecule has 0 aromatic rings. The summed E-state index contributed by atoms with van der Waals surface area (Å²) in [7, 11) is 0. The molecule has 1 spiro atoms. The zero-order chi connectivity index (χ0) is 17.8. The standard InChI is InChI=1S/C20H24O5/c1-10-14-11(24-16(10)21)9-13-18(2)6-4-7-19(3,17(22)23)12(18)5-8-20(13)15(14)25-20/h9,12-13,15H,4-8H2,1-3H3,(H,22,23)/t12-,13-,15+,18+,19+,20-/m0/s1. The van der Waals surface area contributed by atoms with Crippen LogP contribution in [-0.2, 0) is 19.1 Å². The lowest BCUT2D eigenvalue weighted by Gasteiger charge is -2.58. The highest BCUT2D eigenvalue weighted by molar-refractivity contribution is 5.94. The molecule has 1 N–H and O–H groups in total. The molecule has 3 aliphatic carbocycles. The highest BCUT2D eigenvalue weighted by Gasteiger charge is 2.74. The number of carboxylic acid groups (broad SMARTS) is 1. The Morgan fingerprint density at radius 3 is 2.76 bits per heavy atom. The third-order valence-electron chi connectivity index (χ3n) is 8.01. The number of ether oxygens (including phenoxy) is 2. The molecule has 2 aliphatic heterocycles. The number of epoxide rings is 1. The van der Waals surface area contributed by atoms with Gasteiger partial charge in [0.15, 0.2) is 0 Å². The monoisotopic (exact) mass is 344 g/mol. The highest BCUT2D eigenvalue weighted by atomic mass is 16.6. The number of carbonyl (C=O) groups is 2. The Morgan fingerprint density at radius 1 is 1.28 bits per heavy atom. The average molecular weight is 344 g/mol. The van der Waals surface area contributed by atoms with E-state index in [1.807, 2.05) is 13.8 Å². The molecule has 2 heterocycles. The topological polar surface area (TPSA) is 76.1 Å². The Morgan fingerprint density at radius 2 is 2.04 bits per heavy atom. The molecule has 25 heavy (non-hydrogen) atoms. The van der Waals surface area contributed by atoms with Crippen LogP contribution >= 0.6 is 0 Å². The summed E-state index contributed by atoms with van der Waals surface area (Å²) in [5.74, 6) is -0.0614. The van der Waals surface area contributed by atoms with Gasteiger partial charge in [-0.25, -0.2) is 4.79 Å². The molecule has 2 saturated carbocycles. The van der Waals surface area contributed by atoms with Crippen LogP contribution in [0.3, 0.4) is 0 Å². The van der Waals surface area contributed by atoms with E-state index in [1.165, 1.54) is 0 Å². The van der Waals surface area contributed by atoms with Gasteiger partial charge in [0.2, 0.25) is 0 Å². The molecule has 0 aromatic carbocycles. The highest BCUT2D eigenvalue weighted by Crippen LogP contribution is 2.71. The van der Waals surface area contributed by atoms with Crippen LogP contribution in [0.1, 0.15) is 52.9 Å². The quantitative estimate of drug-likeness (QED) is 0.584. The van der Waals surface area contributed by atoms with Crippen LogP contribution in [0.5, 0.6) is 0 Å². The molecule has 0 radical (unpaired) electrons. The number of rotatable bonds is 1. The molecule has 5 heteroatoms. The summed E-state index contributed by atoms with van der Waals surface area (Å²) < 4.78 is 11.8. The molecular weight excluding hydrogens is 320 g/mol. The van der Waals surface area contributed by atoms with E-state index in [4.69, 9.17) is 9.47 Å². The Balaban J connectivity index is 1.63. The first-order chi connectivity index (χ1) is 11.7. The van der Waals surface area contributed by atoms with Crippen molar-refractivity contribution in [2.75, 3.05) is 0 Å². The number of aliphatic carboxylic acids is 1. The van der Waals surface area contributed by atoms with Gasteiger partial charge in [-0.05, 0) is 56.9 Å². The van der Waals surface area contributed by atoms with E-state index in [0.717, 1.165) is 37.7 Å². The van der Waals surface area contributed by atoms with Crippen LogP contribution in [-0.4, -0.2) is 28.8 Å². The van der Waals surface area contributed by atoms with Crippen molar-refractivity contribution < 1.29 is 24.2 Å². The fraction of sp³-hybridized carbons (Fsp3) is 0.700. The van der Waals surface area contributed by atoms with Crippen molar-refractivity contribution in [3.63, 3.8) is 0 Å². The van der Waals surface area contributed by atoms with E-state index < -0.39 is 11.4 Å². The summed E-state index contributed by atoms with van der Waals surface area (Å²) in [6.45, 7) is 5.96. The van der Waals surface area contributed by atoms with E-state index in [9.17, 15) is 14.7 Å². The fourth-order valence-corrected chi connectivity index (χ4v) is 6.65. The molecule has 5 nitrogen and oxygen atoms in total. The van der Waals surface area contributed by atoms with Crippen molar-refractivity contribution in [2.45, 2.75) is 64.6 Å². The lowest BCUT2D eigenvalue weighted by Crippen LogP contribution is -2.58. The van der Waals surface area contributed by atoms with Crippen molar-refractivity contribution in [1.29, 1.82) is 0 Å². The molecule has 6 atom stereocenters. The van der Waals surface area contributed by atoms with Crippen LogP contribution in [0.15, 0.2) is 23.0 Å². The van der Waals surface area contributed by atoms with Crippen molar-refractivity contribution in [3.05, 3.63) is 23.0 Å². The van der Waals surface area contributed by atoms with E-state index in [2.05, 4.69) is 13.0 Å². The summed E-state index contributed by atoms with van der Waals surface area (Å²) in [4.78, 5) is 24.1. The van der Waals surface area contributed by atoms with Gasteiger partial charge in [0.1, 0.15) is 17.5 Å². The largest absolute Gasteiger partial charge is 0.481 e. The van der Waals surface area contributed by atoms with Gasteiger partial charge in [-0.3, -0.25) is 4.79 Å². The van der Waals surface area contributed by atoms with Gasteiger partial charge in [0, 0.05) is 17.1 Å². The summed E-state index contributed by atoms with van der Waals surface area (Å²) in [6.07, 6.45) is 6.42. The molecule has 0 amide bonds. The van der Waals surface area contributed by atoms with Gasteiger partial charge in [-0.2, -0.15) is 0 Å². The number of carbonyl (C=O) groups excluding carboxylic acids is 1. The predicted molar refractivity (Wildman–Crippen MR) is 88.4 cm³/mol. The van der Waals surface area contributed by atoms with E-state index >= 15 is 0 Å². The second kappa shape index (κ2) is 4.37. The van der Waals surface area contributed by atoms with Crippen LogP contribution < -0.4 is 0 Å². The molecule has 5 aliphatic rings. The van der Waals surface area contributed by atoms with Crippen LogP contribution in [0, 0.1) is 22.7 Å². The summed E-state index contributed by atoms with van der Waals surface area (Å²) in [5, 5.41) is 9.92. The van der Waals surface area contributed by atoms with Gasteiger partial charge in [-0.15, -0.1) is 0 Å². The Kier molecular flexibility index (Phi) is 2.73. The molecule has 3 fully saturated rings. The molecule has 0 bridgehead atoms. The Bertz CT molecular complexity index is 779. The molecular formula is C20H24O5. The van der Waals surface area contributed by atoms with Crippen molar-refractivity contribution in [3.8, 4) is 0 Å². The smallest absolute Gasteiger partial charge is 0.339 e. The van der Waals surface area contributed by atoms with E-state index in [-0.39, 0.29) is 34.9 Å². The summed E-state index contributed by atoms with van der Waals surface area (Å²) in [6, 6.07) is 0. The molecule has 1 saturated heterocycles. The lowest BCUT2D eigenvalue weighted by molar-refractivity contribution is -0.168. The number of hydrogen-bond donors (Lipinski definition) is 1. The van der Waals surface area contributed by atoms with Crippen LogP contribution in [0.25, 0.3) is 0 Å². The number of hydrogen-bond acceptors (Lipinski definition) is 4. The minimum atomic E-state index is -0.685. The van der Waals surface area contributed by atoms with Gasteiger partial charge in [-0.1, -0.05) is 13.3 Å². The number of carboxylic acids is 1. The van der Waals surface area contributed by atoms with Crippen LogP contribution in [0.4, 0.5) is 0 Å². The van der Waals surface area contributed by atoms with Gasteiger partial charge in [0.05, 0.1) is 5.41 Å². The molecule has 134 valence electrons. The van der Waals surface area contributed by atoms with Crippen LogP contribution in [0.2, 0.25) is 0 Å². The average Bonchev–Trinajstić information content (AvgIpc) is 3.19. The molecule has 0 unspecified atom stereocenters. The zero-order valence-corrected chi connectivity index (χ0v) is 14.9. The second-order valence-electron chi connectivity index (χ2n) is 9.06. The fourth-order valence-electron chi connectivity index (χ4n) is 6.65. The summed E-state index contributed by atoms with van der Waals surface area (Å²) >= 11 is 0. The Labute approximate surface area is 147 Å². The van der Waals surface area contributed by atoms with Crippen molar-refractivity contribution >= 4 is 11.9 Å². The zero-order valence-electron chi connectivity index (χ0n) is 14.9. The maximum absolute atomic E-state index is 12.1. The number of esters is 1.